The van der Waals surface area contributed by atoms with E-state index in [-0.39, 0.29) is 5.91 Å². The molecule has 0 spiro atoms. The predicted octanol–water partition coefficient (Wildman–Crippen LogP) is 6.96. The second-order valence-corrected chi connectivity index (χ2v) is 21.7. The average Bonchev–Trinajstić information content (AvgIpc) is 3.00. The molecule has 4 nitrogen and oxygen atoms in total. The number of benzene rings is 2. The fourth-order valence-electron chi connectivity index (χ4n) is 5.97. The molecular weight excluding hydrogens is 721 g/mol. The van der Waals surface area contributed by atoms with Crippen LogP contribution < -0.4 is 17.2 Å². The van der Waals surface area contributed by atoms with Gasteiger partial charge >= 0.3 is 181 Å². The van der Waals surface area contributed by atoms with Crippen LogP contribution in [0.1, 0.15) is 107 Å². The molecule has 0 aliphatic carbocycles. The van der Waals surface area contributed by atoms with Crippen LogP contribution in [0.15, 0.2) is 48.5 Å². The Balaban J connectivity index is 0.977. The van der Waals surface area contributed by atoms with Crippen LogP contribution in [-0.2, 0) is 22.6 Å². The summed E-state index contributed by atoms with van der Waals surface area (Å²) in [5.74, 6) is 1.25. The maximum atomic E-state index is 12.1. The molecule has 2 aromatic rings. The van der Waals surface area contributed by atoms with Crippen molar-refractivity contribution in [1.82, 2.24) is 10.6 Å². The molecule has 0 aromatic heterocycles. The summed E-state index contributed by atoms with van der Waals surface area (Å²) in [5, 5.41) is 6.78. The van der Waals surface area contributed by atoms with Crippen LogP contribution in [0.3, 0.4) is 0 Å². The van der Waals surface area contributed by atoms with E-state index in [2.05, 4.69) is 59.2 Å². The van der Waals surface area contributed by atoms with Crippen LogP contribution in [0.25, 0.3) is 0 Å². The Morgan fingerprint density at radius 3 is 2.05 bits per heavy atom. The second kappa shape index (κ2) is 20.1. The van der Waals surface area contributed by atoms with Crippen molar-refractivity contribution in [1.29, 1.82) is 0 Å². The Morgan fingerprint density at radius 1 is 0.805 bits per heavy atom. The van der Waals surface area contributed by atoms with E-state index < -0.39 is 21.8 Å². The molecule has 0 radical (unpaired) electrons. The van der Waals surface area contributed by atoms with Crippen molar-refractivity contribution in [2.45, 2.75) is 119 Å². The number of thioether (sulfide) groups is 1. The summed E-state index contributed by atoms with van der Waals surface area (Å²) in [6.45, 7) is 3.78. The molecule has 1 saturated heterocycles. The summed E-state index contributed by atoms with van der Waals surface area (Å²) in [7, 11) is 0. The molecule has 2 aliphatic heterocycles. The van der Waals surface area contributed by atoms with E-state index in [1.165, 1.54) is 81.2 Å². The van der Waals surface area contributed by atoms with Gasteiger partial charge in [-0.25, -0.2) is 0 Å². The summed E-state index contributed by atoms with van der Waals surface area (Å²) in [6.07, 6.45) is 18.6. The number of carbonyl (C=O) groups excluding carboxylic acids is 1. The third kappa shape index (κ3) is 12.3. The van der Waals surface area contributed by atoms with E-state index in [9.17, 15) is 4.79 Å². The Labute approximate surface area is 262 Å². The van der Waals surface area contributed by atoms with Crippen LogP contribution in [-0.4, -0.2) is 52.0 Å². The second-order valence-electron chi connectivity index (χ2n) is 11.7. The van der Waals surface area contributed by atoms with Gasteiger partial charge in [0.25, 0.3) is 0 Å². The van der Waals surface area contributed by atoms with Gasteiger partial charge in [-0.05, 0) is 31.4 Å². The molecule has 1 unspecified atom stereocenters. The number of hydrogen-bond donors (Lipinski definition) is 2. The van der Waals surface area contributed by atoms with Gasteiger partial charge in [0.1, 0.15) is 5.44 Å². The van der Waals surface area contributed by atoms with Gasteiger partial charge in [0.05, 0.1) is 0 Å². The van der Waals surface area contributed by atoms with Crippen LogP contribution in [0.4, 0.5) is 0 Å². The van der Waals surface area contributed by atoms with Crippen molar-refractivity contribution in [3.05, 3.63) is 59.7 Å². The monoisotopic (exact) mass is 774 g/mol. The van der Waals surface area contributed by atoms with Crippen LogP contribution in [0, 0.1) is 0 Å². The van der Waals surface area contributed by atoms with Gasteiger partial charge in [-0.15, -0.1) is 11.8 Å². The molecule has 2 N–H and O–H groups in total. The van der Waals surface area contributed by atoms with E-state index in [0.29, 0.717) is 11.9 Å². The third-order valence-corrected chi connectivity index (χ3v) is 20.5. The zero-order valence-electron chi connectivity index (χ0n) is 25.2. The van der Waals surface area contributed by atoms with Gasteiger partial charge in [0, 0.05) is 13.0 Å². The number of nitrogens with one attached hydrogen (secondary N) is 2. The van der Waals surface area contributed by atoms with Gasteiger partial charge in [-0.1, -0.05) is 0 Å². The number of unbranched alkanes of at least 4 members (excludes halogenated alkanes) is 9. The summed E-state index contributed by atoms with van der Waals surface area (Å²) >= 11 is -0.0757. The van der Waals surface area contributed by atoms with Gasteiger partial charge in [-0.2, -0.15) is 0 Å². The standard InChI is InChI=1S/C21H40NO2S.C14H13N.Bi/c1-2-3-4-5-6-7-8-9-10-12-17-22-20(23)15-14-19-25-21-16-11-13-18-24-21;1-3-7-13(8-4-1)11-15-12-14-9-5-2-6-10-14;/h21H,1-19H2,(H,22,23);1-7,9,15H,11-12H2;. The first-order valence-electron chi connectivity index (χ1n) is 16.5. The zero-order valence-corrected chi connectivity index (χ0v) is 29.5. The number of ether oxygens (including phenoxy) is 1. The van der Waals surface area contributed by atoms with Crippen LogP contribution in [0.5, 0.6) is 0 Å². The van der Waals surface area contributed by atoms with Crippen LogP contribution >= 0.6 is 11.8 Å². The molecule has 226 valence electrons. The normalized spacial score (nSPS) is 17.3. The van der Waals surface area contributed by atoms with Crippen molar-refractivity contribution < 1.29 is 9.53 Å². The van der Waals surface area contributed by atoms with Crippen molar-refractivity contribution in [3.63, 3.8) is 0 Å². The van der Waals surface area contributed by atoms with E-state index in [0.717, 1.165) is 44.8 Å². The summed E-state index contributed by atoms with van der Waals surface area (Å²) in [5.41, 5.74) is 3.47. The number of fused-ring (bicyclic) bond motifs is 2. The molecule has 1 atom stereocenters. The van der Waals surface area contributed by atoms with Crippen molar-refractivity contribution in [2.75, 3.05) is 18.9 Å². The van der Waals surface area contributed by atoms with E-state index >= 15 is 0 Å². The molecule has 1 amide bonds. The Kier molecular flexibility index (Phi) is 16.2. The number of rotatable bonds is 18. The Hall–Kier alpha value is -0.937. The Morgan fingerprint density at radius 2 is 1.41 bits per heavy atom. The van der Waals surface area contributed by atoms with Crippen molar-refractivity contribution in [3.8, 4) is 0 Å². The number of hydrogen-bond acceptors (Lipinski definition) is 4. The predicted molar refractivity (Wildman–Crippen MR) is 178 cm³/mol. The fourth-order valence-corrected chi connectivity index (χ4v) is 18.0. The molecule has 2 aliphatic rings. The summed E-state index contributed by atoms with van der Waals surface area (Å²) < 4.78 is 10.6. The first-order chi connectivity index (χ1) is 20.3. The van der Waals surface area contributed by atoms with Crippen LogP contribution in [0.2, 0.25) is 4.13 Å². The molecule has 0 saturated carbocycles. The fraction of sp³-hybridized carbons (Fsp3) is 0.629. The molecule has 0 bridgehead atoms. The maximum absolute atomic E-state index is 12.1. The SMILES string of the molecule is O=C(CCCSC1CCCCO1)NCCCCCCCCCCC[CH2][Bi]1[c]2ccccc2CNCc2cccc[c]21. The van der Waals surface area contributed by atoms with E-state index in [1.54, 1.807) is 17.7 Å². The third-order valence-electron chi connectivity index (χ3n) is 8.32. The molecule has 2 aromatic carbocycles. The number of carbonyl (C=O) groups is 1. The summed E-state index contributed by atoms with van der Waals surface area (Å²) in [6, 6.07) is 18.5. The molecule has 6 heteroatoms. The van der Waals surface area contributed by atoms with Gasteiger partial charge < -0.3 is 10.1 Å². The molecule has 4 rings (SSSR count). The Bertz CT molecular complexity index is 966. The molecule has 41 heavy (non-hydrogen) atoms. The van der Waals surface area contributed by atoms with Gasteiger partial charge in [0.2, 0.25) is 5.91 Å². The van der Waals surface area contributed by atoms with E-state index in [4.69, 9.17) is 4.74 Å². The minimum atomic E-state index is -1.96. The van der Waals surface area contributed by atoms with Crippen molar-refractivity contribution in [2.24, 2.45) is 0 Å². The van der Waals surface area contributed by atoms with Gasteiger partial charge in [0.15, 0.2) is 0 Å². The quantitative estimate of drug-likeness (QED) is 0.127. The summed E-state index contributed by atoms with van der Waals surface area (Å²) in [4.78, 5) is 12.1. The molecule has 2 heterocycles. The molecule has 1 fully saturated rings. The minimum absolute atomic E-state index is 0.221. The first kappa shape index (κ1) is 33.0. The zero-order chi connectivity index (χ0) is 28.4. The number of amides is 1. The molecular formula is C35H53BiN2O2S. The van der Waals surface area contributed by atoms with Crippen molar-refractivity contribution >= 4 is 46.0 Å². The average molecular weight is 775 g/mol. The van der Waals surface area contributed by atoms with Gasteiger partial charge in [-0.3, -0.25) is 4.79 Å². The van der Waals surface area contributed by atoms with E-state index in [1.807, 2.05) is 11.8 Å². The first-order valence-corrected chi connectivity index (χ1v) is 23.4. The topological polar surface area (TPSA) is 50.4 Å².